The molecule has 26 heavy (non-hydrogen) atoms. The number of sulfone groups is 1. The van der Waals surface area contributed by atoms with Crippen LogP contribution in [0.5, 0.6) is 5.75 Å². The monoisotopic (exact) mass is 377 g/mol. The van der Waals surface area contributed by atoms with E-state index in [4.69, 9.17) is 4.74 Å². The number of nitrogens with one attached hydrogen (secondary N) is 1. The van der Waals surface area contributed by atoms with Crippen molar-refractivity contribution in [2.24, 2.45) is 5.10 Å². The van der Waals surface area contributed by atoms with Crippen molar-refractivity contribution in [1.82, 2.24) is 5.01 Å². The zero-order valence-electron chi connectivity index (χ0n) is 14.1. The van der Waals surface area contributed by atoms with Gasteiger partial charge in [0.1, 0.15) is 11.5 Å². The molecule has 0 bridgehead atoms. The van der Waals surface area contributed by atoms with Gasteiger partial charge in [0, 0.05) is 24.9 Å². The van der Waals surface area contributed by atoms with Crippen molar-refractivity contribution in [1.29, 1.82) is 0 Å². The first kappa shape index (κ1) is 17.0. The van der Waals surface area contributed by atoms with Crippen molar-refractivity contribution in [2.45, 2.75) is 31.7 Å². The van der Waals surface area contributed by atoms with E-state index >= 15 is 0 Å². The van der Waals surface area contributed by atoms with Crippen LogP contribution in [0, 0.1) is 0 Å². The lowest BCUT2D eigenvalue weighted by atomic mass is 10.1. The van der Waals surface area contributed by atoms with E-state index in [1.54, 1.807) is 6.07 Å². The molecule has 1 N–H and O–H groups in total. The number of hydrogen-bond donors (Lipinski definition) is 1. The van der Waals surface area contributed by atoms with Crippen LogP contribution in [0.1, 0.15) is 24.8 Å². The molecule has 0 radical (unpaired) electrons. The molecule has 1 atom stereocenters. The maximum Gasteiger partial charge on any atom is 0.271 e. The summed E-state index contributed by atoms with van der Waals surface area (Å²) in [6, 6.07) is 4.97. The van der Waals surface area contributed by atoms with E-state index in [2.05, 4.69) is 10.4 Å². The van der Waals surface area contributed by atoms with Crippen molar-refractivity contribution in [3.63, 3.8) is 0 Å². The number of fused-ring (bicyclic) bond motifs is 1. The summed E-state index contributed by atoms with van der Waals surface area (Å²) in [5.41, 5.74) is 1.93. The quantitative estimate of drug-likeness (QED) is 0.836. The van der Waals surface area contributed by atoms with Gasteiger partial charge in [0.15, 0.2) is 9.84 Å². The summed E-state index contributed by atoms with van der Waals surface area (Å²) in [7, 11) is -3.14. The van der Waals surface area contributed by atoms with Crippen LogP contribution in [0.2, 0.25) is 0 Å². The average molecular weight is 377 g/mol. The number of nitrogens with zero attached hydrogens (tertiary/aromatic N) is 2. The largest absolute Gasteiger partial charge is 0.493 e. The van der Waals surface area contributed by atoms with Gasteiger partial charge in [-0.1, -0.05) is 0 Å². The van der Waals surface area contributed by atoms with Gasteiger partial charge in [0.2, 0.25) is 5.91 Å². The molecule has 1 aromatic rings. The minimum absolute atomic E-state index is 0.0513. The standard InChI is InChI=1S/C17H19N3O5S/c21-16-4-2-14(19-20(16)13-6-8-26(23,24)10-13)17(22)18-12-1-3-15-11(9-12)5-7-25-15/h1,3,9,13H,2,4-8,10H2,(H,18,22). The lowest BCUT2D eigenvalue weighted by molar-refractivity contribution is -0.133. The molecule has 9 heteroatoms. The molecule has 3 aliphatic rings. The summed E-state index contributed by atoms with van der Waals surface area (Å²) in [6.45, 7) is 0.640. The molecule has 0 saturated carbocycles. The van der Waals surface area contributed by atoms with E-state index in [0.717, 1.165) is 17.7 Å². The maximum atomic E-state index is 12.5. The van der Waals surface area contributed by atoms with Crippen LogP contribution in [-0.2, 0) is 25.8 Å². The van der Waals surface area contributed by atoms with E-state index in [-0.39, 0.29) is 41.9 Å². The Morgan fingerprint density at radius 1 is 1.27 bits per heavy atom. The number of carbonyl (C=O) groups excluding carboxylic acids is 2. The summed E-state index contributed by atoms with van der Waals surface area (Å²) >= 11 is 0. The number of carbonyl (C=O) groups is 2. The number of amides is 2. The van der Waals surface area contributed by atoms with Gasteiger partial charge < -0.3 is 10.1 Å². The zero-order valence-corrected chi connectivity index (χ0v) is 14.9. The molecule has 0 spiro atoms. The molecule has 0 aromatic heterocycles. The molecule has 4 rings (SSSR count). The average Bonchev–Trinajstić information content (AvgIpc) is 3.20. The SMILES string of the molecule is O=C(Nc1ccc2c(c1)CCO2)C1=NN(C2CCS(=O)(=O)C2)C(=O)CC1. The molecule has 3 heterocycles. The Morgan fingerprint density at radius 3 is 2.88 bits per heavy atom. The Labute approximate surface area is 151 Å². The van der Waals surface area contributed by atoms with Gasteiger partial charge in [-0.25, -0.2) is 13.4 Å². The molecule has 3 aliphatic heterocycles. The van der Waals surface area contributed by atoms with Gasteiger partial charge in [0.25, 0.3) is 5.91 Å². The van der Waals surface area contributed by atoms with Gasteiger partial charge in [-0.15, -0.1) is 0 Å². The summed E-state index contributed by atoms with van der Waals surface area (Å²) in [4.78, 5) is 24.7. The molecule has 1 unspecified atom stereocenters. The fraction of sp³-hybridized carbons (Fsp3) is 0.471. The first-order valence-corrected chi connectivity index (χ1v) is 10.4. The number of rotatable bonds is 3. The fourth-order valence-electron chi connectivity index (χ4n) is 3.46. The minimum atomic E-state index is -3.14. The maximum absolute atomic E-state index is 12.5. The first-order valence-electron chi connectivity index (χ1n) is 8.58. The second-order valence-corrected chi connectivity index (χ2v) is 8.95. The number of hydrogen-bond acceptors (Lipinski definition) is 6. The Hall–Kier alpha value is -2.42. The normalized spacial score (nSPS) is 24.0. The van der Waals surface area contributed by atoms with Crippen LogP contribution in [0.25, 0.3) is 0 Å². The zero-order chi connectivity index (χ0) is 18.3. The van der Waals surface area contributed by atoms with E-state index in [9.17, 15) is 18.0 Å². The van der Waals surface area contributed by atoms with E-state index in [0.29, 0.717) is 18.7 Å². The number of benzene rings is 1. The van der Waals surface area contributed by atoms with Crippen molar-refractivity contribution >= 4 is 33.1 Å². The topological polar surface area (TPSA) is 105 Å². The summed E-state index contributed by atoms with van der Waals surface area (Å²) in [5.74, 6) is 0.176. The summed E-state index contributed by atoms with van der Waals surface area (Å²) in [6.07, 6.45) is 1.56. The van der Waals surface area contributed by atoms with Gasteiger partial charge in [-0.05, 0) is 30.2 Å². The predicted molar refractivity (Wildman–Crippen MR) is 94.8 cm³/mol. The molecule has 2 amide bonds. The molecular formula is C17H19N3O5S. The molecule has 8 nitrogen and oxygen atoms in total. The van der Waals surface area contributed by atoms with Crippen LogP contribution in [0.3, 0.4) is 0 Å². The molecular weight excluding hydrogens is 358 g/mol. The van der Waals surface area contributed by atoms with Crippen molar-refractivity contribution < 1.29 is 22.7 Å². The van der Waals surface area contributed by atoms with Gasteiger partial charge in [-0.3, -0.25) is 9.59 Å². The number of hydrazone groups is 1. The molecule has 0 aliphatic carbocycles. The van der Waals surface area contributed by atoms with Crippen LogP contribution in [0.4, 0.5) is 5.69 Å². The lowest BCUT2D eigenvalue weighted by Gasteiger charge is -2.27. The third kappa shape index (κ3) is 3.31. The fourth-order valence-corrected chi connectivity index (χ4v) is 5.15. The lowest BCUT2D eigenvalue weighted by Crippen LogP contribution is -2.42. The third-order valence-corrected chi connectivity index (χ3v) is 6.57. The Balaban J connectivity index is 1.50. The minimum Gasteiger partial charge on any atom is -0.493 e. The second kappa shape index (κ2) is 6.39. The van der Waals surface area contributed by atoms with Crippen LogP contribution >= 0.6 is 0 Å². The molecule has 1 saturated heterocycles. The molecule has 1 aromatic carbocycles. The highest BCUT2D eigenvalue weighted by Gasteiger charge is 2.37. The predicted octanol–water partition coefficient (Wildman–Crippen LogP) is 0.725. The highest BCUT2D eigenvalue weighted by molar-refractivity contribution is 7.91. The Kier molecular flexibility index (Phi) is 4.18. The van der Waals surface area contributed by atoms with E-state index in [1.807, 2.05) is 12.1 Å². The van der Waals surface area contributed by atoms with Crippen LogP contribution in [0.15, 0.2) is 23.3 Å². The first-order chi connectivity index (χ1) is 12.4. The van der Waals surface area contributed by atoms with E-state index < -0.39 is 15.9 Å². The van der Waals surface area contributed by atoms with E-state index in [1.165, 1.54) is 5.01 Å². The van der Waals surface area contributed by atoms with Gasteiger partial charge in [0.05, 0.1) is 24.2 Å². The van der Waals surface area contributed by atoms with Crippen molar-refractivity contribution in [3.05, 3.63) is 23.8 Å². The second-order valence-electron chi connectivity index (χ2n) is 6.72. The van der Waals surface area contributed by atoms with Crippen LogP contribution in [-0.4, -0.2) is 55.1 Å². The summed E-state index contributed by atoms with van der Waals surface area (Å²) in [5, 5.41) is 8.17. The van der Waals surface area contributed by atoms with Crippen molar-refractivity contribution in [2.75, 3.05) is 23.4 Å². The Morgan fingerprint density at radius 2 is 2.12 bits per heavy atom. The van der Waals surface area contributed by atoms with Crippen molar-refractivity contribution in [3.8, 4) is 5.75 Å². The third-order valence-electron chi connectivity index (χ3n) is 4.82. The van der Waals surface area contributed by atoms with Crippen LogP contribution < -0.4 is 10.1 Å². The highest BCUT2D eigenvalue weighted by Crippen LogP contribution is 2.28. The molecule has 138 valence electrons. The molecule has 1 fully saturated rings. The highest BCUT2D eigenvalue weighted by atomic mass is 32.2. The van der Waals surface area contributed by atoms with Gasteiger partial charge >= 0.3 is 0 Å². The van der Waals surface area contributed by atoms with Gasteiger partial charge in [-0.2, -0.15) is 5.10 Å². The Bertz CT molecular complexity index is 909. The number of ether oxygens (including phenoxy) is 1. The summed E-state index contributed by atoms with van der Waals surface area (Å²) < 4.78 is 28.8. The smallest absolute Gasteiger partial charge is 0.271 e. The number of anilines is 1.